The van der Waals surface area contributed by atoms with E-state index in [1.807, 2.05) is 0 Å². The number of hydrogen-bond acceptors (Lipinski definition) is 4. The van der Waals surface area contributed by atoms with Gasteiger partial charge in [0.1, 0.15) is 6.04 Å². The number of nitrogens with one attached hydrogen (secondary N) is 1. The number of aliphatic carboxylic acids is 1. The van der Waals surface area contributed by atoms with Crippen LogP contribution in [0.1, 0.15) is 16.8 Å². The smallest absolute Gasteiger partial charge is 0.327 e. The molecule has 4 N–H and O–H groups in total. The number of terminal acetylenes is 1. The molecule has 0 bridgehead atoms. The number of nitrogens with two attached hydrogens (primary N) is 1. The van der Waals surface area contributed by atoms with Crippen LogP contribution in [0.2, 0.25) is 0 Å². The molecule has 0 radical (unpaired) electrons. The van der Waals surface area contributed by atoms with Gasteiger partial charge in [-0.05, 0) is 6.07 Å². The van der Waals surface area contributed by atoms with Crippen LogP contribution in [0.4, 0.5) is 5.69 Å². The van der Waals surface area contributed by atoms with Gasteiger partial charge in [0, 0.05) is 18.0 Å². The van der Waals surface area contributed by atoms with Gasteiger partial charge >= 0.3 is 5.97 Å². The fraction of sp³-hybridized carbons (Fsp3) is 0.133. The predicted octanol–water partition coefficient (Wildman–Crippen LogP) is 1.22. The Morgan fingerprint density at radius 2 is 2.14 bits per heavy atom. The molecule has 0 fully saturated rings. The van der Waals surface area contributed by atoms with Crippen LogP contribution in [-0.4, -0.2) is 28.0 Å². The van der Waals surface area contributed by atoms with Crippen LogP contribution in [0.3, 0.4) is 0 Å². The minimum atomic E-state index is -1.11. The largest absolute Gasteiger partial charge is 0.480 e. The van der Waals surface area contributed by atoms with Gasteiger partial charge in [-0.25, -0.2) is 4.79 Å². The van der Waals surface area contributed by atoms with Crippen molar-refractivity contribution < 1.29 is 14.7 Å². The number of primary amides is 1. The number of amides is 1. The van der Waals surface area contributed by atoms with Crippen LogP contribution in [0.5, 0.6) is 0 Å². The first-order chi connectivity index (χ1) is 10.0. The first-order valence-corrected chi connectivity index (χ1v) is 6.15. The van der Waals surface area contributed by atoms with Gasteiger partial charge < -0.3 is 16.2 Å². The maximum Gasteiger partial charge on any atom is 0.327 e. The molecule has 1 atom stereocenters. The summed E-state index contributed by atoms with van der Waals surface area (Å²) in [5.41, 5.74) is 6.40. The molecule has 0 aliphatic heterocycles. The van der Waals surface area contributed by atoms with Crippen molar-refractivity contribution in [2.24, 2.45) is 5.73 Å². The molecule has 6 heteroatoms. The second kappa shape index (κ2) is 5.92. The summed E-state index contributed by atoms with van der Waals surface area (Å²) in [6.45, 7) is 0. The number of hydrogen-bond donors (Lipinski definition) is 3. The first kappa shape index (κ1) is 14.3. The van der Waals surface area contributed by atoms with Gasteiger partial charge in [0.2, 0.25) is 0 Å². The summed E-state index contributed by atoms with van der Waals surface area (Å²) in [6.07, 6.45) is 6.47. The van der Waals surface area contributed by atoms with Gasteiger partial charge in [-0.2, -0.15) is 0 Å². The Kier molecular flexibility index (Phi) is 4.05. The van der Waals surface area contributed by atoms with Crippen molar-refractivity contribution in [3.05, 3.63) is 36.0 Å². The lowest BCUT2D eigenvalue weighted by Gasteiger charge is -2.17. The lowest BCUT2D eigenvalue weighted by atomic mass is 10.1. The molecule has 1 unspecified atom stereocenters. The molecule has 1 aromatic carbocycles. The molecule has 2 aromatic rings. The van der Waals surface area contributed by atoms with Crippen molar-refractivity contribution >= 4 is 28.5 Å². The minimum absolute atomic E-state index is 0.0236. The Morgan fingerprint density at radius 3 is 2.76 bits per heavy atom. The highest BCUT2D eigenvalue weighted by Crippen LogP contribution is 2.26. The molecular formula is C15H13N3O3. The summed E-state index contributed by atoms with van der Waals surface area (Å²) in [7, 11) is 0. The van der Waals surface area contributed by atoms with Crippen molar-refractivity contribution in [2.45, 2.75) is 12.5 Å². The lowest BCUT2D eigenvalue weighted by Crippen LogP contribution is -2.30. The Labute approximate surface area is 121 Å². The Morgan fingerprint density at radius 1 is 1.43 bits per heavy atom. The number of carboxylic acid groups (broad SMARTS) is 1. The van der Waals surface area contributed by atoms with Crippen LogP contribution >= 0.6 is 0 Å². The van der Waals surface area contributed by atoms with Crippen molar-refractivity contribution in [3.8, 4) is 12.3 Å². The van der Waals surface area contributed by atoms with Crippen molar-refractivity contribution in [3.63, 3.8) is 0 Å². The summed E-state index contributed by atoms with van der Waals surface area (Å²) in [4.78, 5) is 26.9. The molecule has 0 spiro atoms. The van der Waals surface area contributed by atoms with Crippen molar-refractivity contribution in [1.29, 1.82) is 0 Å². The van der Waals surface area contributed by atoms with E-state index in [0.717, 1.165) is 0 Å². The molecule has 106 valence electrons. The zero-order valence-corrected chi connectivity index (χ0v) is 11.0. The van der Waals surface area contributed by atoms with Crippen LogP contribution in [0.25, 0.3) is 10.9 Å². The van der Waals surface area contributed by atoms with E-state index >= 15 is 0 Å². The normalized spacial score (nSPS) is 11.6. The second-order valence-corrected chi connectivity index (χ2v) is 4.37. The van der Waals surface area contributed by atoms with E-state index in [9.17, 15) is 14.7 Å². The monoisotopic (exact) mass is 283 g/mol. The van der Waals surface area contributed by atoms with Crippen LogP contribution < -0.4 is 11.1 Å². The summed E-state index contributed by atoms with van der Waals surface area (Å²) in [5, 5.41) is 12.6. The van der Waals surface area contributed by atoms with Crippen LogP contribution in [-0.2, 0) is 4.79 Å². The number of carbonyl (C=O) groups excluding carboxylic acids is 1. The summed E-state index contributed by atoms with van der Waals surface area (Å²) in [6, 6.07) is 6.02. The average Bonchev–Trinajstić information content (AvgIpc) is 2.46. The molecule has 1 heterocycles. The number of fused-ring (bicyclic) bond motifs is 1. The summed E-state index contributed by atoms with van der Waals surface area (Å²) < 4.78 is 0. The molecular weight excluding hydrogens is 270 g/mol. The fourth-order valence-corrected chi connectivity index (χ4v) is 1.98. The number of anilines is 1. The number of benzene rings is 1. The molecule has 0 saturated carbocycles. The zero-order valence-electron chi connectivity index (χ0n) is 11.0. The standard InChI is InChI=1S/C15H13N3O3/c1-2-5-12(15(20)21)18-13-9-6-3-4-7-11(9)17-8-10(13)14(16)19/h1,3-4,6-8,12H,5H2,(H2,16,19)(H,17,18)(H,20,21). The van der Waals surface area contributed by atoms with Crippen molar-refractivity contribution in [1.82, 2.24) is 4.98 Å². The molecule has 0 aliphatic carbocycles. The van der Waals surface area contributed by atoms with E-state index in [1.165, 1.54) is 6.20 Å². The number of carboxylic acids is 1. The molecule has 2 rings (SSSR count). The van der Waals surface area contributed by atoms with Gasteiger partial charge in [-0.3, -0.25) is 9.78 Å². The average molecular weight is 283 g/mol. The Hall–Kier alpha value is -3.07. The molecule has 6 nitrogen and oxygen atoms in total. The molecule has 1 amide bonds. The van der Waals surface area contributed by atoms with E-state index in [2.05, 4.69) is 16.2 Å². The summed E-state index contributed by atoms with van der Waals surface area (Å²) >= 11 is 0. The topological polar surface area (TPSA) is 105 Å². The van der Waals surface area contributed by atoms with Crippen LogP contribution in [0.15, 0.2) is 30.5 Å². The fourth-order valence-electron chi connectivity index (χ4n) is 1.98. The SMILES string of the molecule is C#CCC(Nc1c(C(N)=O)cnc2ccccc12)C(=O)O. The van der Waals surface area contributed by atoms with E-state index in [4.69, 9.17) is 12.2 Å². The third kappa shape index (κ3) is 2.92. The molecule has 21 heavy (non-hydrogen) atoms. The van der Waals surface area contributed by atoms with Crippen molar-refractivity contribution in [2.75, 3.05) is 5.32 Å². The number of para-hydroxylation sites is 1. The minimum Gasteiger partial charge on any atom is -0.480 e. The van der Waals surface area contributed by atoms with E-state index in [-0.39, 0.29) is 12.0 Å². The van der Waals surface area contributed by atoms with E-state index < -0.39 is 17.9 Å². The number of aromatic nitrogens is 1. The van der Waals surface area contributed by atoms with Gasteiger partial charge in [-0.15, -0.1) is 12.3 Å². The lowest BCUT2D eigenvalue weighted by molar-refractivity contribution is -0.137. The quantitative estimate of drug-likeness (QED) is 0.715. The number of pyridine rings is 1. The zero-order chi connectivity index (χ0) is 15.4. The number of rotatable bonds is 5. The Balaban J connectivity index is 2.59. The number of nitrogens with zero attached hydrogens (tertiary/aromatic N) is 1. The maximum atomic E-state index is 11.5. The van der Waals surface area contributed by atoms with E-state index in [0.29, 0.717) is 16.6 Å². The highest BCUT2D eigenvalue weighted by Gasteiger charge is 2.20. The number of carbonyl (C=O) groups is 2. The van der Waals surface area contributed by atoms with Gasteiger partial charge in [0.05, 0.1) is 16.8 Å². The third-order valence-electron chi connectivity index (χ3n) is 2.98. The first-order valence-electron chi connectivity index (χ1n) is 6.15. The Bertz CT molecular complexity index is 749. The highest BCUT2D eigenvalue weighted by molar-refractivity contribution is 6.07. The van der Waals surface area contributed by atoms with Gasteiger partial charge in [0.25, 0.3) is 5.91 Å². The summed E-state index contributed by atoms with van der Waals surface area (Å²) in [5.74, 6) is 0.490. The molecule has 0 aliphatic rings. The van der Waals surface area contributed by atoms with Crippen LogP contribution in [0, 0.1) is 12.3 Å². The van der Waals surface area contributed by atoms with Gasteiger partial charge in [-0.1, -0.05) is 18.2 Å². The molecule has 1 aromatic heterocycles. The van der Waals surface area contributed by atoms with E-state index in [1.54, 1.807) is 24.3 Å². The highest BCUT2D eigenvalue weighted by atomic mass is 16.4. The third-order valence-corrected chi connectivity index (χ3v) is 2.98. The second-order valence-electron chi connectivity index (χ2n) is 4.37. The maximum absolute atomic E-state index is 11.5. The molecule has 0 saturated heterocycles. The predicted molar refractivity (Wildman–Crippen MR) is 78.8 cm³/mol. The van der Waals surface area contributed by atoms with Gasteiger partial charge in [0.15, 0.2) is 0 Å².